The fraction of sp³-hybridized carbons (Fsp3) is 0.370. The lowest BCUT2D eigenvalue weighted by atomic mass is 9.90. The number of rotatable bonds is 4. The molecule has 2 aliphatic rings. The van der Waals surface area contributed by atoms with Crippen molar-refractivity contribution in [3.63, 3.8) is 0 Å². The molecule has 0 bridgehead atoms. The molecule has 6 rings (SSSR count). The van der Waals surface area contributed by atoms with Gasteiger partial charge in [0.1, 0.15) is 22.4 Å². The highest BCUT2D eigenvalue weighted by atomic mass is 32.1. The van der Waals surface area contributed by atoms with E-state index in [9.17, 15) is 5.26 Å². The van der Waals surface area contributed by atoms with Crippen molar-refractivity contribution in [2.45, 2.75) is 58.5 Å². The first-order valence-electron chi connectivity index (χ1n) is 12.3. The van der Waals surface area contributed by atoms with Crippen molar-refractivity contribution in [2.24, 2.45) is 0 Å². The lowest BCUT2D eigenvalue weighted by Gasteiger charge is -2.26. The summed E-state index contributed by atoms with van der Waals surface area (Å²) >= 11 is 1.18. The van der Waals surface area contributed by atoms with Crippen LogP contribution in [0, 0.1) is 23.0 Å². The maximum atomic E-state index is 16.5. The fourth-order valence-electron chi connectivity index (χ4n) is 5.72. The van der Waals surface area contributed by atoms with E-state index in [4.69, 9.17) is 10.5 Å². The van der Waals surface area contributed by atoms with Crippen LogP contribution in [0.1, 0.15) is 43.9 Å². The predicted molar refractivity (Wildman–Crippen MR) is 141 cm³/mol. The smallest absolute Gasteiger partial charge is 0.226 e. The number of fused-ring (bicyclic) bond motifs is 4. The van der Waals surface area contributed by atoms with Crippen LogP contribution < -0.4 is 16.0 Å². The van der Waals surface area contributed by atoms with Gasteiger partial charge in [-0.2, -0.15) is 5.26 Å². The molecule has 4 aromatic rings. The number of anilines is 2. The van der Waals surface area contributed by atoms with Crippen molar-refractivity contribution in [2.75, 3.05) is 17.2 Å². The number of hydrogen-bond acceptors (Lipinski definition) is 8. The number of nitriles is 1. The van der Waals surface area contributed by atoms with E-state index < -0.39 is 11.6 Å². The monoisotopic (exact) mass is 520 g/mol. The largest absolute Gasteiger partial charge is 0.389 e. The number of aromatic nitrogens is 2. The van der Waals surface area contributed by atoms with E-state index in [1.807, 2.05) is 0 Å². The Morgan fingerprint density at radius 3 is 2.78 bits per heavy atom. The Balaban J connectivity index is 1.58. The molecule has 190 valence electrons. The molecule has 0 amide bonds. The van der Waals surface area contributed by atoms with Gasteiger partial charge in [-0.3, -0.25) is 0 Å². The number of nitrogens with two attached hydrogens (primary N) is 1. The van der Waals surface area contributed by atoms with Crippen LogP contribution in [0.2, 0.25) is 0 Å². The normalized spacial score (nSPS) is 19.3. The number of nitrogens with zero attached hydrogens (tertiary/aromatic N) is 4. The number of benzene rings is 2. The maximum Gasteiger partial charge on any atom is 0.226 e. The fourth-order valence-corrected chi connectivity index (χ4v) is 6.64. The summed E-state index contributed by atoms with van der Waals surface area (Å²) in [6, 6.07) is 5.68. The summed E-state index contributed by atoms with van der Waals surface area (Å²) in [6.07, 6.45) is 2.57. The second-order valence-corrected chi connectivity index (χ2v) is 11.1. The quantitative estimate of drug-likeness (QED) is 0.380. The highest BCUT2D eigenvalue weighted by Gasteiger charge is 2.34. The molecular formula is C27H26F2N6OS. The molecule has 2 atom stereocenters. The van der Waals surface area contributed by atoms with Gasteiger partial charge >= 0.3 is 0 Å². The number of nitrogens with one attached hydrogen (secondary N) is 1. The first-order valence-corrected chi connectivity index (χ1v) is 13.1. The summed E-state index contributed by atoms with van der Waals surface area (Å²) in [5.41, 5.74) is 7.74. The van der Waals surface area contributed by atoms with Gasteiger partial charge in [-0.25, -0.2) is 18.7 Å². The van der Waals surface area contributed by atoms with E-state index in [1.165, 1.54) is 17.4 Å². The van der Waals surface area contributed by atoms with Crippen molar-refractivity contribution in [3.05, 3.63) is 46.7 Å². The summed E-state index contributed by atoms with van der Waals surface area (Å²) in [5, 5.41) is 14.5. The molecule has 37 heavy (non-hydrogen) atoms. The molecule has 0 unspecified atom stereocenters. The lowest BCUT2D eigenvalue weighted by Crippen LogP contribution is -2.43. The first kappa shape index (κ1) is 24.0. The molecule has 1 saturated heterocycles. The van der Waals surface area contributed by atoms with E-state index in [-0.39, 0.29) is 52.5 Å². The van der Waals surface area contributed by atoms with Gasteiger partial charge in [0.25, 0.3) is 0 Å². The topological polar surface area (TPSA) is 100 Å². The van der Waals surface area contributed by atoms with E-state index in [2.05, 4.69) is 47.0 Å². The van der Waals surface area contributed by atoms with Gasteiger partial charge in [-0.05, 0) is 36.6 Å². The van der Waals surface area contributed by atoms with Crippen molar-refractivity contribution < 1.29 is 13.5 Å². The van der Waals surface area contributed by atoms with Gasteiger partial charge in [-0.15, -0.1) is 11.3 Å². The van der Waals surface area contributed by atoms with Crippen LogP contribution in [0.25, 0.3) is 32.1 Å². The van der Waals surface area contributed by atoms with E-state index in [0.29, 0.717) is 33.0 Å². The van der Waals surface area contributed by atoms with E-state index in [0.717, 1.165) is 18.5 Å². The van der Waals surface area contributed by atoms with Crippen molar-refractivity contribution in [1.82, 2.24) is 15.3 Å². The molecule has 7 nitrogen and oxygen atoms in total. The summed E-state index contributed by atoms with van der Waals surface area (Å²) in [4.78, 5) is 11.4. The van der Waals surface area contributed by atoms with E-state index in [1.54, 1.807) is 12.3 Å². The Hall–Kier alpha value is -3.39. The summed E-state index contributed by atoms with van der Waals surface area (Å²) in [5.74, 6) is -0.834. The molecule has 0 saturated carbocycles. The Kier molecular flexibility index (Phi) is 5.75. The Labute approximate surface area is 216 Å². The van der Waals surface area contributed by atoms with Crippen LogP contribution in [0.15, 0.2) is 18.3 Å². The molecule has 10 heteroatoms. The SMILES string of the molecule is CC(C)N[C@H]1CCN(c2ncc3c4c(c(-c5c(F)ccc6sc(N)c(C#N)c56)c(F)c3n2)COC4)[C@H]1C. The molecule has 4 heterocycles. The summed E-state index contributed by atoms with van der Waals surface area (Å²) in [7, 11) is 0. The van der Waals surface area contributed by atoms with Gasteiger partial charge in [0.2, 0.25) is 5.95 Å². The molecule has 1 fully saturated rings. The number of thiophene rings is 1. The highest BCUT2D eigenvalue weighted by Crippen LogP contribution is 2.46. The molecule has 3 N–H and O–H groups in total. The minimum atomic E-state index is -0.647. The van der Waals surface area contributed by atoms with Crippen LogP contribution >= 0.6 is 11.3 Å². The van der Waals surface area contributed by atoms with Crippen LogP contribution in [-0.4, -0.2) is 34.6 Å². The zero-order valence-electron chi connectivity index (χ0n) is 20.7. The lowest BCUT2D eigenvalue weighted by molar-refractivity contribution is 0.135. The molecule has 2 aromatic heterocycles. The number of hydrogen-bond donors (Lipinski definition) is 2. The summed E-state index contributed by atoms with van der Waals surface area (Å²) < 4.78 is 38.3. The third-order valence-corrected chi connectivity index (χ3v) is 8.43. The Bertz CT molecular complexity index is 1610. The zero-order chi connectivity index (χ0) is 26.0. The highest BCUT2D eigenvalue weighted by molar-refractivity contribution is 7.23. The number of nitrogen functional groups attached to an aromatic ring is 1. The summed E-state index contributed by atoms with van der Waals surface area (Å²) in [6.45, 7) is 7.45. The minimum Gasteiger partial charge on any atom is -0.389 e. The predicted octanol–water partition coefficient (Wildman–Crippen LogP) is 5.24. The molecule has 0 radical (unpaired) electrons. The van der Waals surface area contributed by atoms with Crippen molar-refractivity contribution in [3.8, 4) is 17.2 Å². The standard InChI is InChI=1S/C27H26F2N6OS/c1-12(2)33-19-6-7-35(13(19)3)27-32-9-15-16-10-36-11-17(16)22(24(29)25(15)34-27)23-18(28)4-5-20-21(23)14(8-30)26(31)37-20/h4-5,9,12-13,19,33H,6-7,10-11,31H2,1-3H3/t13-,19-/m0/s1. The van der Waals surface area contributed by atoms with Crippen LogP contribution in [0.4, 0.5) is 19.7 Å². The Morgan fingerprint density at radius 1 is 1.24 bits per heavy atom. The van der Waals surface area contributed by atoms with Gasteiger partial charge in [0, 0.05) is 57.5 Å². The maximum absolute atomic E-state index is 16.5. The van der Waals surface area contributed by atoms with E-state index >= 15 is 8.78 Å². The van der Waals surface area contributed by atoms with Crippen molar-refractivity contribution in [1.29, 1.82) is 5.26 Å². The average molecular weight is 521 g/mol. The van der Waals surface area contributed by atoms with Crippen LogP contribution in [0.5, 0.6) is 0 Å². The van der Waals surface area contributed by atoms with Gasteiger partial charge in [0.15, 0.2) is 5.82 Å². The van der Waals surface area contributed by atoms with Crippen LogP contribution in [0.3, 0.4) is 0 Å². The molecule has 2 aliphatic heterocycles. The molecule has 0 aliphatic carbocycles. The average Bonchev–Trinajstić information content (AvgIpc) is 3.57. The van der Waals surface area contributed by atoms with Crippen molar-refractivity contribution >= 4 is 43.3 Å². The Morgan fingerprint density at radius 2 is 2.03 bits per heavy atom. The second-order valence-electron chi connectivity index (χ2n) is 9.97. The first-order chi connectivity index (χ1) is 17.8. The molecule has 2 aromatic carbocycles. The number of ether oxygens (including phenoxy) is 1. The minimum absolute atomic E-state index is 0.0269. The van der Waals surface area contributed by atoms with Gasteiger partial charge < -0.3 is 20.7 Å². The van der Waals surface area contributed by atoms with Gasteiger partial charge in [-0.1, -0.05) is 13.8 Å². The third-order valence-electron chi connectivity index (χ3n) is 7.44. The molecular weight excluding hydrogens is 494 g/mol. The number of halogens is 2. The second kappa shape index (κ2) is 8.87. The molecule has 0 spiro atoms. The van der Waals surface area contributed by atoms with Crippen LogP contribution in [-0.2, 0) is 18.0 Å². The zero-order valence-corrected chi connectivity index (χ0v) is 21.5. The van der Waals surface area contributed by atoms with Gasteiger partial charge in [0.05, 0.1) is 18.8 Å². The third kappa shape index (κ3) is 3.64.